The van der Waals surface area contributed by atoms with Crippen LogP contribution >= 0.6 is 0 Å². The minimum absolute atomic E-state index is 0.0534. The SMILES string of the molecule is CC(C)[C@@H]1CN(C(=O)c2cccn2Cc2cn(-c3ccc4[nH]ncc4c3)nn2)C[C@H]1C(=O)O. The number of carboxylic acids is 1. The zero-order chi connectivity index (χ0) is 23.1. The van der Waals surface area contributed by atoms with E-state index in [1.165, 1.54) is 0 Å². The van der Waals surface area contributed by atoms with Crippen LogP contribution in [0.25, 0.3) is 16.6 Å². The lowest BCUT2D eigenvalue weighted by Crippen LogP contribution is -2.31. The largest absolute Gasteiger partial charge is 0.481 e. The van der Waals surface area contributed by atoms with Crippen LogP contribution in [0.1, 0.15) is 30.0 Å². The molecule has 0 spiro atoms. The molecule has 2 atom stereocenters. The third-order valence-electron chi connectivity index (χ3n) is 6.44. The molecular weight excluding hydrogens is 422 g/mol. The molecule has 0 unspecified atom stereocenters. The monoisotopic (exact) mass is 447 g/mol. The van der Waals surface area contributed by atoms with E-state index < -0.39 is 11.9 Å². The van der Waals surface area contributed by atoms with Gasteiger partial charge >= 0.3 is 5.97 Å². The molecule has 1 aromatic carbocycles. The van der Waals surface area contributed by atoms with Crippen molar-refractivity contribution < 1.29 is 14.7 Å². The Balaban J connectivity index is 1.33. The molecule has 4 aromatic rings. The Hall–Kier alpha value is -3.95. The third kappa shape index (κ3) is 3.88. The Labute approximate surface area is 189 Å². The highest BCUT2D eigenvalue weighted by Crippen LogP contribution is 2.31. The van der Waals surface area contributed by atoms with Crippen molar-refractivity contribution in [3.8, 4) is 5.69 Å². The first kappa shape index (κ1) is 20.9. The van der Waals surface area contributed by atoms with E-state index in [9.17, 15) is 14.7 Å². The fourth-order valence-electron chi connectivity index (χ4n) is 4.58. The highest BCUT2D eigenvalue weighted by atomic mass is 16.4. The van der Waals surface area contributed by atoms with Crippen LogP contribution in [0, 0.1) is 17.8 Å². The molecule has 10 nitrogen and oxygen atoms in total. The van der Waals surface area contributed by atoms with E-state index in [-0.39, 0.29) is 24.3 Å². The number of aromatic nitrogens is 6. The van der Waals surface area contributed by atoms with Crippen LogP contribution in [-0.2, 0) is 11.3 Å². The number of H-pyrrole nitrogens is 1. The maximum absolute atomic E-state index is 13.2. The maximum Gasteiger partial charge on any atom is 0.308 e. The number of hydrogen-bond acceptors (Lipinski definition) is 5. The molecule has 170 valence electrons. The van der Waals surface area contributed by atoms with Crippen molar-refractivity contribution in [3.63, 3.8) is 0 Å². The van der Waals surface area contributed by atoms with E-state index in [1.807, 2.05) is 55.1 Å². The minimum atomic E-state index is -0.843. The van der Waals surface area contributed by atoms with Gasteiger partial charge in [-0.25, -0.2) is 4.68 Å². The van der Waals surface area contributed by atoms with Gasteiger partial charge in [0, 0.05) is 24.7 Å². The van der Waals surface area contributed by atoms with E-state index in [4.69, 9.17) is 0 Å². The number of carbonyl (C=O) groups excluding carboxylic acids is 1. The lowest BCUT2D eigenvalue weighted by Gasteiger charge is -2.19. The van der Waals surface area contributed by atoms with E-state index in [2.05, 4.69) is 20.5 Å². The van der Waals surface area contributed by atoms with Gasteiger partial charge in [-0.05, 0) is 42.2 Å². The smallest absolute Gasteiger partial charge is 0.308 e. The summed E-state index contributed by atoms with van der Waals surface area (Å²) in [5.41, 5.74) is 3.03. The van der Waals surface area contributed by atoms with Gasteiger partial charge in [0.1, 0.15) is 11.4 Å². The first-order valence-corrected chi connectivity index (χ1v) is 10.9. The normalized spacial score (nSPS) is 18.5. The first-order chi connectivity index (χ1) is 15.9. The molecule has 10 heteroatoms. The number of aromatic amines is 1. The molecule has 1 aliphatic rings. The van der Waals surface area contributed by atoms with Crippen molar-refractivity contribution in [3.05, 3.63) is 60.3 Å². The van der Waals surface area contributed by atoms with Crippen molar-refractivity contribution in [2.45, 2.75) is 20.4 Å². The number of aliphatic carboxylic acids is 1. The predicted molar refractivity (Wildman–Crippen MR) is 120 cm³/mol. The molecule has 1 fully saturated rings. The summed E-state index contributed by atoms with van der Waals surface area (Å²) in [7, 11) is 0. The molecule has 33 heavy (non-hydrogen) atoms. The number of carbonyl (C=O) groups is 2. The summed E-state index contributed by atoms with van der Waals surface area (Å²) >= 11 is 0. The van der Waals surface area contributed by atoms with Crippen molar-refractivity contribution in [2.24, 2.45) is 17.8 Å². The van der Waals surface area contributed by atoms with Crippen molar-refractivity contribution in [2.75, 3.05) is 13.1 Å². The molecular formula is C23H25N7O3. The number of hydrogen-bond donors (Lipinski definition) is 2. The fourth-order valence-corrected chi connectivity index (χ4v) is 4.58. The fraction of sp³-hybridized carbons (Fsp3) is 0.348. The molecule has 1 saturated heterocycles. The Morgan fingerprint density at radius 3 is 2.85 bits per heavy atom. The van der Waals surface area contributed by atoms with Crippen LogP contribution in [0.3, 0.4) is 0 Å². The number of rotatable bonds is 6. The molecule has 1 aliphatic heterocycles. The molecule has 0 bridgehead atoms. The summed E-state index contributed by atoms with van der Waals surface area (Å²) in [5.74, 6) is -1.41. The van der Waals surface area contributed by atoms with Crippen molar-refractivity contribution in [1.82, 2.24) is 34.7 Å². The number of nitrogens with one attached hydrogen (secondary N) is 1. The zero-order valence-corrected chi connectivity index (χ0v) is 18.4. The second-order valence-electron chi connectivity index (χ2n) is 8.88. The molecule has 5 rings (SSSR count). The molecule has 0 saturated carbocycles. The molecule has 0 aliphatic carbocycles. The van der Waals surface area contributed by atoms with Gasteiger partial charge < -0.3 is 14.6 Å². The highest BCUT2D eigenvalue weighted by molar-refractivity contribution is 5.93. The summed E-state index contributed by atoms with van der Waals surface area (Å²) in [6.07, 6.45) is 5.42. The van der Waals surface area contributed by atoms with Crippen LogP contribution in [0.15, 0.2) is 48.9 Å². The average Bonchev–Trinajstić information content (AvgIpc) is 3.58. The van der Waals surface area contributed by atoms with Crippen LogP contribution < -0.4 is 0 Å². The van der Waals surface area contributed by atoms with E-state index in [0.29, 0.717) is 24.5 Å². The van der Waals surface area contributed by atoms with E-state index >= 15 is 0 Å². The standard InChI is InChI=1S/C23H25N7O3/c1-14(2)18-12-29(13-19(18)23(32)33)22(31)21-4-3-7-28(21)10-16-11-30(27-25-16)17-5-6-20-15(8-17)9-24-26-20/h3-9,11,14,18-19H,10,12-13H2,1-2H3,(H,24,26)(H,32,33)/t18-,19+/m0/s1. The Kier molecular flexibility index (Phi) is 5.20. The van der Waals surface area contributed by atoms with Gasteiger partial charge in [-0.1, -0.05) is 19.1 Å². The van der Waals surface area contributed by atoms with E-state index in [1.54, 1.807) is 21.8 Å². The second-order valence-corrected chi connectivity index (χ2v) is 8.88. The third-order valence-corrected chi connectivity index (χ3v) is 6.44. The summed E-state index contributed by atoms with van der Waals surface area (Å²) in [6.45, 7) is 5.07. The van der Waals surface area contributed by atoms with Crippen LogP contribution in [0.4, 0.5) is 0 Å². The number of likely N-dealkylation sites (tertiary alicyclic amines) is 1. The summed E-state index contributed by atoms with van der Waals surface area (Å²) in [5, 5.41) is 26.0. The summed E-state index contributed by atoms with van der Waals surface area (Å²) in [6, 6.07) is 9.42. The van der Waals surface area contributed by atoms with Crippen LogP contribution in [0.5, 0.6) is 0 Å². The predicted octanol–water partition coefficient (Wildman–Crippen LogP) is 2.42. The highest BCUT2D eigenvalue weighted by Gasteiger charge is 2.41. The van der Waals surface area contributed by atoms with Crippen LogP contribution in [0.2, 0.25) is 0 Å². The number of nitrogens with zero attached hydrogens (tertiary/aromatic N) is 6. The number of fused-ring (bicyclic) bond motifs is 1. The molecule has 1 amide bonds. The van der Waals surface area contributed by atoms with Crippen molar-refractivity contribution in [1.29, 1.82) is 0 Å². The maximum atomic E-state index is 13.2. The number of benzene rings is 1. The Bertz CT molecular complexity index is 1320. The lowest BCUT2D eigenvalue weighted by molar-refractivity contribution is -0.142. The van der Waals surface area contributed by atoms with Crippen molar-refractivity contribution >= 4 is 22.8 Å². The molecule has 0 radical (unpaired) electrons. The second kappa shape index (κ2) is 8.19. The Morgan fingerprint density at radius 1 is 1.24 bits per heavy atom. The number of amides is 1. The van der Waals surface area contributed by atoms with Gasteiger partial charge in [0.2, 0.25) is 0 Å². The number of carboxylic acid groups (broad SMARTS) is 1. The van der Waals surface area contributed by atoms with Gasteiger partial charge in [-0.2, -0.15) is 5.10 Å². The summed E-state index contributed by atoms with van der Waals surface area (Å²) < 4.78 is 3.52. The van der Waals surface area contributed by atoms with Gasteiger partial charge in [0.05, 0.1) is 36.1 Å². The van der Waals surface area contributed by atoms with Crippen LogP contribution in [-0.4, -0.2) is 64.7 Å². The Morgan fingerprint density at radius 2 is 2.09 bits per heavy atom. The average molecular weight is 447 g/mol. The van der Waals surface area contributed by atoms with Gasteiger partial charge in [0.15, 0.2) is 0 Å². The van der Waals surface area contributed by atoms with E-state index in [0.717, 1.165) is 16.6 Å². The minimum Gasteiger partial charge on any atom is -0.481 e. The van der Waals surface area contributed by atoms with Gasteiger partial charge in [-0.15, -0.1) is 5.10 Å². The van der Waals surface area contributed by atoms with Gasteiger partial charge in [-0.3, -0.25) is 14.7 Å². The summed E-state index contributed by atoms with van der Waals surface area (Å²) in [4.78, 5) is 26.6. The molecule has 3 aromatic heterocycles. The first-order valence-electron chi connectivity index (χ1n) is 10.9. The lowest BCUT2D eigenvalue weighted by atomic mass is 9.86. The molecule has 4 heterocycles. The topological polar surface area (TPSA) is 122 Å². The zero-order valence-electron chi connectivity index (χ0n) is 18.4. The molecule has 2 N–H and O–H groups in total. The van der Waals surface area contributed by atoms with Gasteiger partial charge in [0.25, 0.3) is 5.91 Å². The quantitative estimate of drug-likeness (QED) is 0.468.